The molecule has 1 aliphatic heterocycles. The van der Waals surface area contributed by atoms with Gasteiger partial charge in [-0.1, -0.05) is 42.1 Å². The molecule has 5 heteroatoms. The Morgan fingerprint density at radius 2 is 1.58 bits per heavy atom. The van der Waals surface area contributed by atoms with Crippen LogP contribution in [0.25, 0.3) is 0 Å². The van der Waals surface area contributed by atoms with Crippen LogP contribution in [-0.4, -0.2) is 28.8 Å². The van der Waals surface area contributed by atoms with Crippen molar-refractivity contribution in [3.05, 3.63) is 54.6 Å². The number of nitrogens with one attached hydrogen (secondary N) is 1. The lowest BCUT2D eigenvalue weighted by Gasteiger charge is -2.38. The SMILES string of the molecule is CC1CCCC(C)N1C(=O)C(=O)Nc1ccccc1Sc1ccccc1. The fraction of sp³-hybridized carbons (Fsp3) is 0.333. The van der Waals surface area contributed by atoms with Gasteiger partial charge < -0.3 is 10.2 Å². The first-order valence-electron chi connectivity index (χ1n) is 9.02. The number of carbonyl (C=O) groups excluding carboxylic acids is 2. The summed E-state index contributed by atoms with van der Waals surface area (Å²) in [5.41, 5.74) is 0.664. The molecule has 26 heavy (non-hydrogen) atoms. The Balaban J connectivity index is 1.74. The largest absolute Gasteiger partial charge is 0.329 e. The summed E-state index contributed by atoms with van der Waals surface area (Å²) in [6.07, 6.45) is 3.00. The van der Waals surface area contributed by atoms with Crippen LogP contribution in [0.5, 0.6) is 0 Å². The van der Waals surface area contributed by atoms with Crippen molar-refractivity contribution in [2.75, 3.05) is 5.32 Å². The molecule has 2 unspecified atom stereocenters. The topological polar surface area (TPSA) is 49.4 Å². The van der Waals surface area contributed by atoms with Crippen molar-refractivity contribution in [2.45, 2.75) is 55.0 Å². The molecule has 1 aliphatic rings. The Labute approximate surface area is 159 Å². The first-order chi connectivity index (χ1) is 12.6. The molecular weight excluding hydrogens is 344 g/mol. The summed E-state index contributed by atoms with van der Waals surface area (Å²) in [6.45, 7) is 4.03. The van der Waals surface area contributed by atoms with Gasteiger partial charge in [0.25, 0.3) is 0 Å². The van der Waals surface area contributed by atoms with Crippen LogP contribution in [0.1, 0.15) is 33.1 Å². The van der Waals surface area contributed by atoms with Gasteiger partial charge in [0.05, 0.1) is 5.69 Å². The van der Waals surface area contributed by atoms with E-state index in [2.05, 4.69) is 5.32 Å². The maximum Gasteiger partial charge on any atom is 0.313 e. The summed E-state index contributed by atoms with van der Waals surface area (Å²) in [6, 6.07) is 17.7. The van der Waals surface area contributed by atoms with Crippen molar-refractivity contribution in [1.82, 2.24) is 4.90 Å². The van der Waals surface area contributed by atoms with E-state index in [0.29, 0.717) is 5.69 Å². The highest BCUT2D eigenvalue weighted by Gasteiger charge is 2.32. The van der Waals surface area contributed by atoms with Gasteiger partial charge in [-0.15, -0.1) is 0 Å². The average molecular weight is 369 g/mol. The molecule has 0 aromatic heterocycles. The van der Waals surface area contributed by atoms with Gasteiger partial charge >= 0.3 is 11.8 Å². The van der Waals surface area contributed by atoms with E-state index in [1.54, 1.807) is 16.7 Å². The molecule has 0 radical (unpaired) electrons. The smallest absolute Gasteiger partial charge is 0.313 e. The Morgan fingerprint density at radius 1 is 0.962 bits per heavy atom. The highest BCUT2D eigenvalue weighted by molar-refractivity contribution is 7.99. The molecule has 2 atom stereocenters. The lowest BCUT2D eigenvalue weighted by atomic mass is 9.97. The zero-order chi connectivity index (χ0) is 18.5. The standard InChI is InChI=1S/C21H24N2O2S/c1-15-9-8-10-16(2)23(15)21(25)20(24)22-18-13-6-7-14-19(18)26-17-11-4-3-5-12-17/h3-7,11-16H,8-10H2,1-2H3,(H,22,24). The lowest BCUT2D eigenvalue weighted by Crippen LogP contribution is -2.51. The quantitative estimate of drug-likeness (QED) is 0.808. The average Bonchev–Trinajstić information content (AvgIpc) is 2.64. The van der Waals surface area contributed by atoms with E-state index in [-0.39, 0.29) is 12.1 Å². The monoisotopic (exact) mass is 368 g/mol. The molecule has 2 aromatic carbocycles. The molecule has 2 amide bonds. The van der Waals surface area contributed by atoms with Crippen LogP contribution >= 0.6 is 11.8 Å². The molecule has 2 aromatic rings. The number of hydrogen-bond donors (Lipinski definition) is 1. The highest BCUT2D eigenvalue weighted by Crippen LogP contribution is 2.33. The molecule has 3 rings (SSSR count). The number of rotatable bonds is 3. The minimum atomic E-state index is -0.563. The Kier molecular flexibility index (Phi) is 5.99. The van der Waals surface area contributed by atoms with Gasteiger partial charge in [0.15, 0.2) is 0 Å². The third-order valence-electron chi connectivity index (χ3n) is 4.73. The number of anilines is 1. The Morgan fingerprint density at radius 3 is 2.27 bits per heavy atom. The van der Waals surface area contributed by atoms with Crippen LogP contribution in [0.3, 0.4) is 0 Å². The van der Waals surface area contributed by atoms with Gasteiger partial charge in [-0.25, -0.2) is 0 Å². The molecule has 1 fully saturated rings. The van der Waals surface area contributed by atoms with Crippen LogP contribution in [-0.2, 0) is 9.59 Å². The second-order valence-electron chi connectivity index (χ2n) is 6.71. The molecule has 0 spiro atoms. The minimum absolute atomic E-state index is 0.103. The van der Waals surface area contributed by atoms with E-state index in [1.165, 1.54) is 0 Å². The van der Waals surface area contributed by atoms with Crippen molar-refractivity contribution in [1.29, 1.82) is 0 Å². The molecule has 0 aliphatic carbocycles. The van der Waals surface area contributed by atoms with Crippen molar-refractivity contribution in [2.24, 2.45) is 0 Å². The van der Waals surface area contributed by atoms with Gasteiger partial charge in [-0.3, -0.25) is 9.59 Å². The number of carbonyl (C=O) groups is 2. The molecule has 4 nitrogen and oxygen atoms in total. The second kappa shape index (κ2) is 8.41. The predicted octanol–water partition coefficient (Wildman–Crippen LogP) is 4.57. The zero-order valence-electron chi connectivity index (χ0n) is 15.1. The number of amides is 2. The normalized spacial score (nSPS) is 19.8. The summed E-state index contributed by atoms with van der Waals surface area (Å²) in [4.78, 5) is 29.0. The van der Waals surface area contributed by atoms with Crippen molar-refractivity contribution < 1.29 is 9.59 Å². The summed E-state index contributed by atoms with van der Waals surface area (Å²) in [5, 5.41) is 2.82. The van der Waals surface area contributed by atoms with Crippen LogP contribution in [0.2, 0.25) is 0 Å². The summed E-state index contributed by atoms with van der Waals surface area (Å²) in [7, 11) is 0. The second-order valence-corrected chi connectivity index (χ2v) is 7.82. The van der Waals surface area contributed by atoms with Crippen LogP contribution < -0.4 is 5.32 Å². The van der Waals surface area contributed by atoms with E-state index in [9.17, 15) is 9.59 Å². The van der Waals surface area contributed by atoms with Gasteiger partial charge in [0.2, 0.25) is 0 Å². The van der Waals surface area contributed by atoms with E-state index in [1.807, 2.05) is 68.4 Å². The summed E-state index contributed by atoms with van der Waals surface area (Å²) < 4.78 is 0. The number of piperidine rings is 1. The number of nitrogens with zero attached hydrogens (tertiary/aromatic N) is 1. The summed E-state index contributed by atoms with van der Waals surface area (Å²) in [5.74, 6) is -1.00. The predicted molar refractivity (Wildman–Crippen MR) is 105 cm³/mol. The Bertz CT molecular complexity index is 769. The first kappa shape index (κ1) is 18.5. The van der Waals surface area contributed by atoms with Crippen molar-refractivity contribution >= 4 is 29.3 Å². The van der Waals surface area contributed by atoms with Gasteiger partial charge in [0, 0.05) is 21.9 Å². The lowest BCUT2D eigenvalue weighted by molar-refractivity contribution is -0.147. The van der Waals surface area contributed by atoms with Crippen molar-refractivity contribution in [3.63, 3.8) is 0 Å². The van der Waals surface area contributed by atoms with E-state index < -0.39 is 11.8 Å². The van der Waals surface area contributed by atoms with Crippen LogP contribution in [0.4, 0.5) is 5.69 Å². The third-order valence-corrected chi connectivity index (χ3v) is 5.81. The maximum atomic E-state index is 12.7. The third kappa shape index (κ3) is 4.28. The number of hydrogen-bond acceptors (Lipinski definition) is 3. The maximum absolute atomic E-state index is 12.7. The molecule has 0 bridgehead atoms. The Hall–Kier alpha value is -2.27. The molecule has 136 valence electrons. The van der Waals surface area contributed by atoms with Crippen LogP contribution in [0, 0.1) is 0 Å². The fourth-order valence-electron chi connectivity index (χ4n) is 3.39. The fourth-order valence-corrected chi connectivity index (χ4v) is 4.31. The molecule has 0 saturated carbocycles. The minimum Gasteiger partial charge on any atom is -0.329 e. The molecule has 1 N–H and O–H groups in total. The number of para-hydroxylation sites is 1. The van der Waals surface area contributed by atoms with E-state index in [4.69, 9.17) is 0 Å². The zero-order valence-corrected chi connectivity index (χ0v) is 16.0. The highest BCUT2D eigenvalue weighted by atomic mass is 32.2. The van der Waals surface area contributed by atoms with Crippen molar-refractivity contribution in [3.8, 4) is 0 Å². The van der Waals surface area contributed by atoms with Gasteiger partial charge in [0.1, 0.15) is 0 Å². The van der Waals surface area contributed by atoms with Crippen LogP contribution in [0.15, 0.2) is 64.4 Å². The van der Waals surface area contributed by atoms with E-state index in [0.717, 1.165) is 29.1 Å². The molecular formula is C21H24N2O2S. The number of benzene rings is 2. The number of likely N-dealkylation sites (tertiary alicyclic amines) is 1. The summed E-state index contributed by atoms with van der Waals surface area (Å²) >= 11 is 1.56. The molecule has 1 saturated heterocycles. The van der Waals surface area contributed by atoms with Gasteiger partial charge in [-0.2, -0.15) is 0 Å². The van der Waals surface area contributed by atoms with Gasteiger partial charge in [-0.05, 0) is 57.4 Å². The van der Waals surface area contributed by atoms with E-state index >= 15 is 0 Å². The first-order valence-corrected chi connectivity index (χ1v) is 9.83. The molecule has 1 heterocycles.